The highest BCUT2D eigenvalue weighted by molar-refractivity contribution is 7.90. The van der Waals surface area contributed by atoms with Gasteiger partial charge in [-0.05, 0) is 53.6 Å². The molecule has 0 heterocycles. The predicted molar refractivity (Wildman–Crippen MR) is 115 cm³/mol. The number of anilines is 1. The summed E-state index contributed by atoms with van der Waals surface area (Å²) in [7, 11) is -2.48. The van der Waals surface area contributed by atoms with Crippen LogP contribution in [0.15, 0.2) is 53.4 Å². The summed E-state index contributed by atoms with van der Waals surface area (Å²) in [4.78, 5) is 12.2. The van der Waals surface area contributed by atoms with Crippen LogP contribution < -0.4 is 15.3 Å². The van der Waals surface area contributed by atoms with Crippen LogP contribution in [0.3, 0.4) is 0 Å². The van der Waals surface area contributed by atoms with Crippen LogP contribution in [0.2, 0.25) is 10.0 Å². The van der Waals surface area contributed by atoms with Crippen LogP contribution in [-0.4, -0.2) is 14.4 Å². The van der Waals surface area contributed by atoms with Crippen LogP contribution in [0.25, 0.3) is 10.8 Å². The second kappa shape index (κ2) is 7.64. The van der Waals surface area contributed by atoms with E-state index in [0.717, 1.165) is 16.3 Å². The zero-order valence-electron chi connectivity index (χ0n) is 14.2. The van der Waals surface area contributed by atoms with E-state index in [0.29, 0.717) is 21.1 Å². The van der Waals surface area contributed by atoms with Crippen LogP contribution in [-0.2, 0) is 10.0 Å². The van der Waals surface area contributed by atoms with Crippen molar-refractivity contribution in [2.24, 2.45) is 0 Å². The summed E-state index contributed by atoms with van der Waals surface area (Å²) in [5, 5.41) is 5.95. The van der Waals surface area contributed by atoms with Crippen molar-refractivity contribution in [2.45, 2.75) is 11.8 Å². The number of carbonyl (C=O) groups excluding carboxylic acids is 1. The molecule has 3 aromatic carbocycles. The minimum absolute atomic E-state index is 0.0149. The molecule has 9 heteroatoms. The van der Waals surface area contributed by atoms with Gasteiger partial charge in [-0.3, -0.25) is 0 Å². The molecule has 0 radical (unpaired) electrons. The maximum Gasteiger partial charge on any atom is 0.333 e. The van der Waals surface area contributed by atoms with E-state index in [1.165, 1.54) is 12.1 Å². The summed E-state index contributed by atoms with van der Waals surface area (Å²) in [6.45, 7) is 1.78. The maximum absolute atomic E-state index is 12.6. The topological polar surface area (TPSA) is 75.3 Å². The quantitative estimate of drug-likeness (QED) is 0.598. The molecule has 0 saturated heterocycles. The van der Waals surface area contributed by atoms with Gasteiger partial charge in [0.15, 0.2) is 0 Å². The van der Waals surface area contributed by atoms with E-state index in [-0.39, 0.29) is 4.90 Å². The lowest BCUT2D eigenvalue weighted by molar-refractivity contribution is 0.256. The first kappa shape index (κ1) is 19.9. The molecule has 0 aliphatic rings. The summed E-state index contributed by atoms with van der Waals surface area (Å²) in [5.41, 5.74) is 1.27. The molecular formula is C18H16Cl2N2O3PS+. The number of sulfonamides is 1. The number of hydrogen-bond donors (Lipinski definition) is 2. The van der Waals surface area contributed by atoms with Crippen molar-refractivity contribution >= 4 is 70.3 Å². The lowest BCUT2D eigenvalue weighted by atomic mass is 10.1. The normalized spacial score (nSPS) is 11.5. The number of halogens is 2. The van der Waals surface area contributed by atoms with Crippen molar-refractivity contribution in [2.75, 3.05) is 5.32 Å². The van der Waals surface area contributed by atoms with Crippen molar-refractivity contribution in [3.8, 4) is 0 Å². The van der Waals surface area contributed by atoms with Gasteiger partial charge in [0, 0.05) is 25.4 Å². The molecule has 0 saturated carbocycles. The molecule has 3 rings (SSSR count). The second-order valence-corrected chi connectivity index (χ2v) is 9.29. The molecule has 5 nitrogen and oxygen atoms in total. The van der Waals surface area contributed by atoms with Crippen LogP contribution in [0.1, 0.15) is 5.56 Å². The Bertz CT molecular complexity index is 1140. The van der Waals surface area contributed by atoms with Crippen molar-refractivity contribution in [1.29, 1.82) is 0 Å². The molecule has 1 unspecified atom stereocenters. The summed E-state index contributed by atoms with van der Waals surface area (Å²) in [6.07, 6.45) is 0. The molecular weight excluding hydrogens is 426 g/mol. The lowest BCUT2D eigenvalue weighted by Crippen LogP contribution is -2.35. The number of rotatable bonds is 3. The number of fused-ring (bicyclic) bond motifs is 1. The highest BCUT2D eigenvalue weighted by atomic mass is 35.5. The summed E-state index contributed by atoms with van der Waals surface area (Å²) >= 11 is 11.9. The highest BCUT2D eigenvalue weighted by Crippen LogP contribution is 2.23. The van der Waals surface area contributed by atoms with Crippen molar-refractivity contribution in [3.63, 3.8) is 0 Å². The molecule has 0 bridgehead atoms. The fourth-order valence-corrected chi connectivity index (χ4v) is 4.81. The SMILES string of the molecule is Cc1cc(Cl)cc([PH3+])c1NC(=O)NS(=O)(=O)c1ccc2cc(Cl)ccc2c1. The van der Waals surface area contributed by atoms with Crippen LogP contribution in [0, 0.1) is 6.92 Å². The largest absolute Gasteiger partial charge is 0.333 e. The summed E-state index contributed by atoms with van der Waals surface area (Å²) in [5.74, 6) is 0. The molecule has 0 aliphatic carbocycles. The van der Waals surface area contributed by atoms with E-state index < -0.39 is 16.1 Å². The van der Waals surface area contributed by atoms with Crippen molar-refractivity contribution in [1.82, 2.24) is 4.72 Å². The third-order valence-electron chi connectivity index (χ3n) is 3.93. The zero-order valence-corrected chi connectivity index (χ0v) is 18.0. The van der Waals surface area contributed by atoms with Gasteiger partial charge in [0.25, 0.3) is 10.0 Å². The third-order valence-corrected chi connectivity index (χ3v) is 6.27. The fourth-order valence-electron chi connectivity index (χ4n) is 2.67. The Kier molecular flexibility index (Phi) is 5.63. The third kappa shape index (κ3) is 4.53. The number of hydrogen-bond acceptors (Lipinski definition) is 3. The van der Waals surface area contributed by atoms with Crippen LogP contribution in [0.4, 0.5) is 10.5 Å². The van der Waals surface area contributed by atoms with Crippen LogP contribution >= 0.6 is 32.4 Å². The van der Waals surface area contributed by atoms with E-state index in [1.54, 1.807) is 52.6 Å². The Morgan fingerprint density at radius 3 is 2.33 bits per heavy atom. The van der Waals surface area contributed by atoms with E-state index in [9.17, 15) is 13.2 Å². The molecule has 2 amide bonds. The minimum atomic E-state index is -4.03. The molecule has 140 valence electrons. The first-order valence-electron chi connectivity index (χ1n) is 7.81. The molecule has 0 aliphatic heterocycles. The Hall–Kier alpha value is -1.85. The first-order chi connectivity index (χ1) is 12.7. The number of aryl methyl sites for hydroxylation is 1. The molecule has 0 aromatic heterocycles. The van der Waals surface area contributed by atoms with Gasteiger partial charge in [0.2, 0.25) is 0 Å². The van der Waals surface area contributed by atoms with E-state index >= 15 is 0 Å². The van der Waals surface area contributed by atoms with Crippen molar-refractivity contribution < 1.29 is 13.2 Å². The Labute approximate surface area is 169 Å². The molecule has 1 atom stereocenters. The van der Waals surface area contributed by atoms with Gasteiger partial charge in [-0.2, -0.15) is 0 Å². The first-order valence-corrected chi connectivity index (χ1v) is 10.8. The molecule has 27 heavy (non-hydrogen) atoms. The number of carbonyl (C=O) groups is 1. The summed E-state index contributed by atoms with van der Waals surface area (Å²) < 4.78 is 27.1. The monoisotopic (exact) mass is 441 g/mol. The predicted octanol–water partition coefficient (Wildman–Crippen LogP) is 4.20. The van der Waals surface area contributed by atoms with E-state index in [1.807, 2.05) is 4.72 Å². The maximum atomic E-state index is 12.6. The van der Waals surface area contributed by atoms with Gasteiger partial charge in [0.1, 0.15) is 5.30 Å². The smallest absolute Gasteiger partial charge is 0.303 e. The van der Waals surface area contributed by atoms with Gasteiger partial charge < -0.3 is 5.32 Å². The Morgan fingerprint density at radius 1 is 0.963 bits per heavy atom. The van der Waals surface area contributed by atoms with Gasteiger partial charge >= 0.3 is 6.03 Å². The van der Waals surface area contributed by atoms with E-state index in [4.69, 9.17) is 23.2 Å². The Morgan fingerprint density at radius 2 is 1.63 bits per heavy atom. The minimum Gasteiger partial charge on any atom is -0.303 e. The lowest BCUT2D eigenvalue weighted by Gasteiger charge is -2.12. The zero-order chi connectivity index (χ0) is 19.8. The number of nitrogens with one attached hydrogen (secondary N) is 2. The van der Waals surface area contributed by atoms with Crippen molar-refractivity contribution in [3.05, 3.63) is 64.1 Å². The van der Waals surface area contributed by atoms with Gasteiger partial charge in [-0.15, -0.1) is 0 Å². The summed E-state index contributed by atoms with van der Waals surface area (Å²) in [6, 6.07) is 12.2. The number of benzene rings is 3. The van der Waals surface area contributed by atoms with Gasteiger partial charge in [0.05, 0.1) is 10.6 Å². The van der Waals surface area contributed by atoms with Gasteiger partial charge in [-0.1, -0.05) is 35.3 Å². The average Bonchev–Trinajstić information content (AvgIpc) is 2.57. The van der Waals surface area contributed by atoms with Gasteiger partial charge in [-0.25, -0.2) is 17.9 Å². The molecule has 3 aromatic rings. The Balaban J connectivity index is 1.84. The highest BCUT2D eigenvalue weighted by Gasteiger charge is 2.20. The fraction of sp³-hybridized carbons (Fsp3) is 0.0556. The average molecular weight is 442 g/mol. The molecule has 0 fully saturated rings. The number of amides is 2. The van der Waals surface area contributed by atoms with E-state index in [2.05, 4.69) is 5.32 Å². The molecule has 0 spiro atoms. The second-order valence-electron chi connectivity index (χ2n) is 5.97. The number of urea groups is 1. The van der Waals surface area contributed by atoms with Crippen LogP contribution in [0.5, 0.6) is 0 Å². The molecule has 2 N–H and O–H groups in total. The standard InChI is InChI=1S/C18H15Cl2N2O3PS/c1-10-6-14(20)9-16(26)17(10)21-18(23)22-27(24,25)15-5-3-11-7-13(19)4-2-12(11)8-15/h2-9H,26H2,1H3,(H2,21,22,23)/p+1.